The van der Waals surface area contributed by atoms with Gasteiger partial charge in [-0.15, -0.1) is 0 Å². The molecule has 0 aliphatic heterocycles. The lowest BCUT2D eigenvalue weighted by atomic mass is 10.0. The van der Waals surface area contributed by atoms with Crippen molar-refractivity contribution in [1.82, 2.24) is 0 Å². The molecule has 0 bridgehead atoms. The smallest absolute Gasteiger partial charge is 0.196 e. The van der Waals surface area contributed by atoms with Crippen molar-refractivity contribution in [3.05, 3.63) is 53.6 Å². The number of carbonyl (C=O) groups excluding carboxylic acids is 1. The summed E-state index contributed by atoms with van der Waals surface area (Å²) in [5, 5.41) is 9.79. The van der Waals surface area contributed by atoms with E-state index in [4.69, 9.17) is 10.5 Å². The third kappa shape index (κ3) is 2.13. The van der Waals surface area contributed by atoms with Crippen molar-refractivity contribution < 1.29 is 14.6 Å². The number of nitrogens with two attached hydrogens (primary N) is 1. The number of phenols is 1. The molecule has 0 atom stereocenters. The van der Waals surface area contributed by atoms with Crippen LogP contribution in [0.1, 0.15) is 15.9 Å². The lowest BCUT2D eigenvalue weighted by molar-refractivity contribution is 0.103. The van der Waals surface area contributed by atoms with E-state index in [-0.39, 0.29) is 17.1 Å². The molecule has 2 aromatic rings. The third-order valence-corrected chi connectivity index (χ3v) is 2.63. The van der Waals surface area contributed by atoms with E-state index in [1.54, 1.807) is 24.3 Å². The van der Waals surface area contributed by atoms with Gasteiger partial charge in [0.15, 0.2) is 5.78 Å². The number of carbonyl (C=O) groups is 1. The monoisotopic (exact) mass is 243 g/mol. The summed E-state index contributed by atoms with van der Waals surface area (Å²) in [6.07, 6.45) is 0. The molecule has 0 aliphatic rings. The van der Waals surface area contributed by atoms with Crippen LogP contribution in [0.15, 0.2) is 42.5 Å². The minimum absolute atomic E-state index is 0.151. The van der Waals surface area contributed by atoms with E-state index in [0.29, 0.717) is 17.0 Å². The number of ketones is 1. The number of hydrogen-bond acceptors (Lipinski definition) is 4. The summed E-state index contributed by atoms with van der Waals surface area (Å²) in [5.41, 5.74) is 6.61. The van der Waals surface area contributed by atoms with Crippen LogP contribution >= 0.6 is 0 Å². The Bertz CT molecular complexity index is 579. The van der Waals surface area contributed by atoms with Crippen LogP contribution in [-0.2, 0) is 0 Å². The molecule has 18 heavy (non-hydrogen) atoms. The largest absolute Gasteiger partial charge is 0.507 e. The summed E-state index contributed by atoms with van der Waals surface area (Å²) in [6, 6.07) is 11.5. The zero-order valence-electron chi connectivity index (χ0n) is 9.88. The van der Waals surface area contributed by atoms with Crippen molar-refractivity contribution >= 4 is 11.5 Å². The van der Waals surface area contributed by atoms with Crippen LogP contribution in [0, 0.1) is 0 Å². The highest BCUT2D eigenvalue weighted by Gasteiger charge is 2.16. The van der Waals surface area contributed by atoms with Gasteiger partial charge in [0.25, 0.3) is 0 Å². The van der Waals surface area contributed by atoms with Gasteiger partial charge in [-0.2, -0.15) is 0 Å². The first kappa shape index (κ1) is 12.0. The molecule has 3 N–H and O–H groups in total. The van der Waals surface area contributed by atoms with Crippen molar-refractivity contribution in [2.24, 2.45) is 0 Å². The third-order valence-electron chi connectivity index (χ3n) is 2.63. The lowest BCUT2D eigenvalue weighted by Gasteiger charge is -2.09. The summed E-state index contributed by atoms with van der Waals surface area (Å²) in [4.78, 5) is 12.2. The Morgan fingerprint density at radius 3 is 2.50 bits per heavy atom. The van der Waals surface area contributed by atoms with E-state index < -0.39 is 0 Å². The number of hydrogen-bond donors (Lipinski definition) is 2. The first-order valence-electron chi connectivity index (χ1n) is 5.39. The second-order valence-electron chi connectivity index (χ2n) is 3.81. The van der Waals surface area contributed by atoms with Crippen molar-refractivity contribution in [1.29, 1.82) is 0 Å². The Kier molecular flexibility index (Phi) is 3.19. The zero-order chi connectivity index (χ0) is 13.1. The van der Waals surface area contributed by atoms with Crippen molar-refractivity contribution in [3.63, 3.8) is 0 Å². The van der Waals surface area contributed by atoms with Crippen LogP contribution in [-0.4, -0.2) is 18.0 Å². The normalized spacial score (nSPS) is 10.1. The Balaban J connectivity index is 2.48. The number of phenolic OH excluding ortho intramolecular Hbond substituents is 1. The van der Waals surface area contributed by atoms with Gasteiger partial charge in [-0.25, -0.2) is 0 Å². The molecule has 0 unspecified atom stereocenters. The summed E-state index contributed by atoms with van der Waals surface area (Å²) in [7, 11) is 1.46. The van der Waals surface area contributed by atoms with Crippen LogP contribution in [0.5, 0.6) is 11.5 Å². The molecule has 0 aromatic heterocycles. The lowest BCUT2D eigenvalue weighted by Crippen LogP contribution is -2.03. The Morgan fingerprint density at radius 1 is 1.22 bits per heavy atom. The average Bonchev–Trinajstić information content (AvgIpc) is 2.39. The van der Waals surface area contributed by atoms with Gasteiger partial charge in [0.2, 0.25) is 0 Å². The van der Waals surface area contributed by atoms with E-state index in [1.807, 2.05) is 6.07 Å². The fourth-order valence-corrected chi connectivity index (χ4v) is 1.69. The number of methoxy groups -OCH3 is 1. The van der Waals surface area contributed by atoms with Crippen LogP contribution in [0.25, 0.3) is 0 Å². The second-order valence-corrected chi connectivity index (χ2v) is 3.81. The first-order valence-corrected chi connectivity index (χ1v) is 5.39. The fourth-order valence-electron chi connectivity index (χ4n) is 1.69. The van der Waals surface area contributed by atoms with Crippen molar-refractivity contribution in [3.8, 4) is 11.5 Å². The van der Waals surface area contributed by atoms with Gasteiger partial charge in [-0.1, -0.05) is 30.3 Å². The molecule has 0 fully saturated rings. The maximum Gasteiger partial charge on any atom is 0.196 e. The number of anilines is 1. The van der Waals surface area contributed by atoms with Gasteiger partial charge in [0, 0.05) is 11.6 Å². The maximum atomic E-state index is 12.2. The van der Waals surface area contributed by atoms with Crippen LogP contribution in [0.3, 0.4) is 0 Å². The number of aromatic hydroxyl groups is 1. The minimum atomic E-state index is -0.272. The van der Waals surface area contributed by atoms with Gasteiger partial charge >= 0.3 is 0 Å². The van der Waals surface area contributed by atoms with Crippen molar-refractivity contribution in [2.45, 2.75) is 0 Å². The molecule has 0 heterocycles. The number of benzene rings is 2. The van der Waals surface area contributed by atoms with Gasteiger partial charge in [0.05, 0.1) is 18.4 Å². The molecule has 0 saturated heterocycles. The molecule has 0 aliphatic carbocycles. The van der Waals surface area contributed by atoms with Crippen LogP contribution < -0.4 is 10.5 Å². The molecule has 0 saturated carbocycles. The molecule has 0 spiro atoms. The summed E-state index contributed by atoms with van der Waals surface area (Å²) in [6.45, 7) is 0. The van der Waals surface area contributed by atoms with Crippen LogP contribution in [0.2, 0.25) is 0 Å². The summed E-state index contributed by atoms with van der Waals surface area (Å²) in [5.74, 6) is -0.0550. The number of ether oxygens (including phenoxy) is 1. The summed E-state index contributed by atoms with van der Waals surface area (Å²) < 4.78 is 5.04. The van der Waals surface area contributed by atoms with Gasteiger partial charge < -0.3 is 15.6 Å². The highest BCUT2D eigenvalue weighted by molar-refractivity contribution is 6.11. The van der Waals surface area contributed by atoms with Crippen molar-refractivity contribution in [2.75, 3.05) is 12.8 Å². The molecular formula is C14H13NO3. The van der Waals surface area contributed by atoms with E-state index >= 15 is 0 Å². The standard InChI is InChI=1S/C14H13NO3/c1-18-13-7-10(12(16)8-11(13)15)14(17)9-5-3-2-4-6-9/h2-8,16H,15H2,1H3. The maximum absolute atomic E-state index is 12.2. The molecule has 2 aromatic carbocycles. The van der Waals surface area contributed by atoms with Gasteiger partial charge in [-0.05, 0) is 6.07 Å². The van der Waals surface area contributed by atoms with Gasteiger partial charge in [0.1, 0.15) is 11.5 Å². The molecule has 0 radical (unpaired) electrons. The Hall–Kier alpha value is -2.49. The van der Waals surface area contributed by atoms with Crippen LogP contribution in [0.4, 0.5) is 5.69 Å². The van der Waals surface area contributed by atoms with E-state index in [2.05, 4.69) is 0 Å². The summed E-state index contributed by atoms with van der Waals surface area (Å²) >= 11 is 0. The number of nitrogen functional groups attached to an aromatic ring is 1. The van der Waals surface area contributed by atoms with E-state index in [1.165, 1.54) is 19.2 Å². The highest BCUT2D eigenvalue weighted by Crippen LogP contribution is 2.31. The Morgan fingerprint density at radius 2 is 1.89 bits per heavy atom. The second kappa shape index (κ2) is 4.79. The zero-order valence-corrected chi connectivity index (χ0v) is 9.88. The molecule has 2 rings (SSSR count). The fraction of sp³-hybridized carbons (Fsp3) is 0.0714. The molecule has 92 valence electrons. The van der Waals surface area contributed by atoms with E-state index in [0.717, 1.165) is 0 Å². The first-order chi connectivity index (χ1) is 8.63. The van der Waals surface area contributed by atoms with Gasteiger partial charge in [-0.3, -0.25) is 4.79 Å². The quantitative estimate of drug-likeness (QED) is 0.640. The SMILES string of the molecule is COc1cc(C(=O)c2ccccc2)c(O)cc1N. The topological polar surface area (TPSA) is 72.5 Å². The van der Waals surface area contributed by atoms with E-state index in [9.17, 15) is 9.90 Å². The number of rotatable bonds is 3. The average molecular weight is 243 g/mol. The molecule has 0 amide bonds. The molecule has 4 nitrogen and oxygen atoms in total. The highest BCUT2D eigenvalue weighted by atomic mass is 16.5. The Labute approximate surface area is 105 Å². The predicted molar refractivity (Wildman–Crippen MR) is 68.9 cm³/mol. The molecule has 4 heteroatoms. The predicted octanol–water partition coefficient (Wildman–Crippen LogP) is 2.21. The molecular weight excluding hydrogens is 230 g/mol. The minimum Gasteiger partial charge on any atom is -0.507 e.